The van der Waals surface area contributed by atoms with Crippen molar-refractivity contribution in [2.75, 3.05) is 0 Å². The molecule has 106 valence electrons. The Labute approximate surface area is 120 Å². The van der Waals surface area contributed by atoms with Crippen LogP contribution in [0.25, 0.3) is 11.3 Å². The molecule has 0 fully saturated rings. The van der Waals surface area contributed by atoms with Crippen LogP contribution in [0.2, 0.25) is 0 Å². The second-order valence-corrected chi connectivity index (χ2v) is 4.67. The first-order chi connectivity index (χ1) is 9.95. The summed E-state index contributed by atoms with van der Waals surface area (Å²) in [6.45, 7) is 3.28. The maximum atomic E-state index is 12.2. The standard InChI is InChI=1S/C15H13N3O3/c1-9-3-5-11(6-4-9)13-12(7-16)14(19)18(8-17-13)10(2)15(20)21/h3-6,8,10H,1-2H3,(H,20,21). The number of nitrogens with zero attached hydrogens (tertiary/aromatic N) is 3. The highest BCUT2D eigenvalue weighted by atomic mass is 16.4. The third-order valence-corrected chi connectivity index (χ3v) is 3.21. The summed E-state index contributed by atoms with van der Waals surface area (Å²) in [5.74, 6) is -1.16. The van der Waals surface area contributed by atoms with Gasteiger partial charge in [-0.1, -0.05) is 29.8 Å². The fourth-order valence-electron chi connectivity index (χ4n) is 1.89. The third kappa shape index (κ3) is 2.67. The summed E-state index contributed by atoms with van der Waals surface area (Å²) >= 11 is 0. The Balaban J connectivity index is 2.64. The van der Waals surface area contributed by atoms with Gasteiger partial charge in [0.15, 0.2) is 0 Å². The number of carboxylic acids is 1. The van der Waals surface area contributed by atoms with Gasteiger partial charge in [-0.15, -0.1) is 0 Å². The van der Waals surface area contributed by atoms with Crippen molar-refractivity contribution < 1.29 is 9.90 Å². The Morgan fingerprint density at radius 1 is 1.38 bits per heavy atom. The van der Waals surface area contributed by atoms with E-state index in [1.165, 1.54) is 6.92 Å². The van der Waals surface area contributed by atoms with E-state index in [0.717, 1.165) is 16.5 Å². The van der Waals surface area contributed by atoms with Crippen LogP contribution >= 0.6 is 0 Å². The van der Waals surface area contributed by atoms with Crippen LogP contribution in [0.4, 0.5) is 0 Å². The lowest BCUT2D eigenvalue weighted by atomic mass is 10.1. The van der Waals surface area contributed by atoms with Gasteiger partial charge in [-0.25, -0.2) is 9.78 Å². The molecule has 2 aromatic rings. The Morgan fingerprint density at radius 2 is 2.00 bits per heavy atom. The molecule has 0 aliphatic heterocycles. The zero-order valence-electron chi connectivity index (χ0n) is 11.6. The number of hydrogen-bond acceptors (Lipinski definition) is 4. The number of aliphatic carboxylic acids is 1. The van der Waals surface area contributed by atoms with E-state index in [0.29, 0.717) is 5.56 Å². The minimum atomic E-state index is -1.16. The van der Waals surface area contributed by atoms with Gasteiger partial charge in [0.25, 0.3) is 5.56 Å². The lowest BCUT2D eigenvalue weighted by molar-refractivity contribution is -0.140. The van der Waals surface area contributed by atoms with E-state index < -0.39 is 17.6 Å². The number of carbonyl (C=O) groups is 1. The second kappa shape index (κ2) is 5.59. The maximum absolute atomic E-state index is 12.2. The number of benzene rings is 1. The van der Waals surface area contributed by atoms with E-state index in [1.54, 1.807) is 12.1 Å². The molecule has 0 saturated carbocycles. The molecule has 6 nitrogen and oxygen atoms in total. The van der Waals surface area contributed by atoms with Gasteiger partial charge in [-0.05, 0) is 13.8 Å². The SMILES string of the molecule is Cc1ccc(-c2ncn(C(C)C(=O)O)c(=O)c2C#N)cc1. The molecule has 1 atom stereocenters. The normalized spacial score (nSPS) is 11.7. The molecule has 1 aromatic carbocycles. The van der Waals surface area contributed by atoms with E-state index in [2.05, 4.69) is 4.98 Å². The molecule has 1 heterocycles. The minimum Gasteiger partial charge on any atom is -0.480 e. The van der Waals surface area contributed by atoms with Crippen molar-refractivity contribution >= 4 is 5.97 Å². The highest BCUT2D eigenvalue weighted by molar-refractivity contribution is 5.72. The molecule has 0 amide bonds. The number of carboxylic acid groups (broad SMARTS) is 1. The first kappa shape index (κ1) is 14.5. The zero-order valence-corrected chi connectivity index (χ0v) is 11.6. The molecule has 0 spiro atoms. The Morgan fingerprint density at radius 3 is 2.52 bits per heavy atom. The molecule has 1 N–H and O–H groups in total. The van der Waals surface area contributed by atoms with E-state index >= 15 is 0 Å². The van der Waals surface area contributed by atoms with Gasteiger partial charge in [0.1, 0.15) is 17.7 Å². The van der Waals surface area contributed by atoms with Crippen LogP contribution in [-0.2, 0) is 4.79 Å². The topological polar surface area (TPSA) is 96.0 Å². The molecule has 1 unspecified atom stereocenters. The van der Waals surface area contributed by atoms with Gasteiger partial charge in [0.2, 0.25) is 0 Å². The van der Waals surface area contributed by atoms with E-state index in [4.69, 9.17) is 5.11 Å². The quantitative estimate of drug-likeness (QED) is 0.925. The average Bonchev–Trinajstić information content (AvgIpc) is 2.47. The smallest absolute Gasteiger partial charge is 0.326 e. The van der Waals surface area contributed by atoms with Crippen LogP contribution in [0.5, 0.6) is 0 Å². The van der Waals surface area contributed by atoms with Crippen LogP contribution in [0.15, 0.2) is 35.4 Å². The third-order valence-electron chi connectivity index (χ3n) is 3.21. The predicted molar refractivity (Wildman–Crippen MR) is 75.7 cm³/mol. The van der Waals surface area contributed by atoms with Crippen molar-refractivity contribution in [3.8, 4) is 17.3 Å². The fourth-order valence-corrected chi connectivity index (χ4v) is 1.89. The summed E-state index contributed by atoms with van der Waals surface area (Å²) in [5.41, 5.74) is 1.14. The van der Waals surface area contributed by atoms with Gasteiger partial charge in [-0.2, -0.15) is 5.26 Å². The van der Waals surface area contributed by atoms with Gasteiger partial charge in [0.05, 0.1) is 12.0 Å². The summed E-state index contributed by atoms with van der Waals surface area (Å²) < 4.78 is 0.943. The first-order valence-corrected chi connectivity index (χ1v) is 6.26. The summed E-state index contributed by atoms with van der Waals surface area (Å²) in [6.07, 6.45) is 1.16. The summed E-state index contributed by atoms with van der Waals surface area (Å²) in [4.78, 5) is 27.3. The maximum Gasteiger partial charge on any atom is 0.326 e. The molecule has 0 radical (unpaired) electrons. The highest BCUT2D eigenvalue weighted by Gasteiger charge is 2.19. The number of rotatable bonds is 3. The number of hydrogen-bond donors (Lipinski definition) is 1. The van der Waals surface area contributed by atoms with Crippen molar-refractivity contribution in [2.45, 2.75) is 19.9 Å². The largest absolute Gasteiger partial charge is 0.480 e. The van der Waals surface area contributed by atoms with Crippen LogP contribution in [0.1, 0.15) is 24.1 Å². The zero-order chi connectivity index (χ0) is 15.6. The van der Waals surface area contributed by atoms with Crippen molar-refractivity contribution in [3.05, 3.63) is 52.1 Å². The van der Waals surface area contributed by atoms with Crippen LogP contribution in [-0.4, -0.2) is 20.6 Å². The highest BCUT2D eigenvalue weighted by Crippen LogP contribution is 2.19. The molecule has 0 saturated heterocycles. The van der Waals surface area contributed by atoms with Gasteiger partial charge in [0, 0.05) is 5.56 Å². The Kier molecular flexibility index (Phi) is 3.85. The van der Waals surface area contributed by atoms with E-state index in [-0.39, 0.29) is 11.3 Å². The molecule has 1 aromatic heterocycles. The lowest BCUT2D eigenvalue weighted by Gasteiger charge is -2.12. The van der Waals surface area contributed by atoms with Gasteiger partial charge in [-0.3, -0.25) is 9.36 Å². The molecular weight excluding hydrogens is 270 g/mol. The summed E-state index contributed by atoms with van der Waals surface area (Å²) in [6, 6.07) is 7.98. The number of aromatic nitrogens is 2. The number of nitriles is 1. The lowest BCUT2D eigenvalue weighted by Crippen LogP contribution is -2.30. The first-order valence-electron chi connectivity index (χ1n) is 6.26. The molecule has 2 rings (SSSR count). The second-order valence-electron chi connectivity index (χ2n) is 4.67. The molecule has 0 bridgehead atoms. The van der Waals surface area contributed by atoms with Crippen molar-refractivity contribution in [1.29, 1.82) is 5.26 Å². The molecule has 21 heavy (non-hydrogen) atoms. The Bertz CT molecular complexity index is 785. The minimum absolute atomic E-state index is 0.158. The summed E-state index contributed by atoms with van der Waals surface area (Å²) in [5, 5.41) is 18.2. The molecule has 0 aliphatic rings. The van der Waals surface area contributed by atoms with E-state index in [1.807, 2.05) is 25.1 Å². The van der Waals surface area contributed by atoms with Gasteiger partial charge < -0.3 is 5.11 Å². The van der Waals surface area contributed by atoms with Crippen LogP contribution in [0.3, 0.4) is 0 Å². The monoisotopic (exact) mass is 283 g/mol. The molecule has 6 heteroatoms. The van der Waals surface area contributed by atoms with Crippen LogP contribution < -0.4 is 5.56 Å². The Hall–Kier alpha value is -2.94. The van der Waals surface area contributed by atoms with Crippen LogP contribution in [0, 0.1) is 18.3 Å². The fraction of sp³-hybridized carbons (Fsp3) is 0.200. The average molecular weight is 283 g/mol. The van der Waals surface area contributed by atoms with E-state index in [9.17, 15) is 14.9 Å². The predicted octanol–water partition coefficient (Wildman–Crippen LogP) is 1.74. The molecular formula is C15H13N3O3. The molecule has 0 aliphatic carbocycles. The van der Waals surface area contributed by atoms with Gasteiger partial charge >= 0.3 is 5.97 Å². The van der Waals surface area contributed by atoms with Crippen molar-refractivity contribution in [3.63, 3.8) is 0 Å². The summed E-state index contributed by atoms with van der Waals surface area (Å²) in [7, 11) is 0. The number of aryl methyl sites for hydroxylation is 1. The van der Waals surface area contributed by atoms with Crippen molar-refractivity contribution in [1.82, 2.24) is 9.55 Å². The van der Waals surface area contributed by atoms with Crippen molar-refractivity contribution in [2.24, 2.45) is 0 Å².